The molecule has 0 radical (unpaired) electrons. The number of morpholine rings is 1. The fourth-order valence-corrected chi connectivity index (χ4v) is 3.83. The summed E-state index contributed by atoms with van der Waals surface area (Å²) in [5.74, 6) is -0.701. The second-order valence-electron chi connectivity index (χ2n) is 7.17. The highest BCUT2D eigenvalue weighted by Gasteiger charge is 2.26. The number of ether oxygens (including phenoxy) is 2. The Bertz CT molecular complexity index is 877. The Morgan fingerprint density at radius 3 is 2.69 bits per heavy atom. The van der Waals surface area contributed by atoms with Gasteiger partial charge in [-0.25, -0.2) is 0 Å². The normalized spacial score (nSPS) is 19.2. The zero-order chi connectivity index (χ0) is 21.0. The van der Waals surface area contributed by atoms with Gasteiger partial charge < -0.3 is 14.4 Å². The quantitative estimate of drug-likeness (QED) is 0.514. The third-order valence-electron chi connectivity index (χ3n) is 4.48. The molecule has 1 fully saturated rings. The van der Waals surface area contributed by atoms with Crippen LogP contribution in [0.4, 0.5) is 0 Å². The first kappa shape index (κ1) is 21.3. The van der Waals surface area contributed by atoms with E-state index in [0.29, 0.717) is 18.2 Å². The molecule has 1 aliphatic rings. The van der Waals surface area contributed by atoms with Gasteiger partial charge in [0.05, 0.1) is 23.6 Å². The predicted octanol–water partition coefficient (Wildman–Crippen LogP) is 1.55. The van der Waals surface area contributed by atoms with E-state index >= 15 is 0 Å². The van der Waals surface area contributed by atoms with Crippen molar-refractivity contribution in [2.75, 3.05) is 25.4 Å². The summed E-state index contributed by atoms with van der Waals surface area (Å²) in [6.45, 7) is 8.51. The molecule has 2 atom stereocenters. The lowest BCUT2D eigenvalue weighted by Crippen LogP contribution is -2.49. The predicted molar refractivity (Wildman–Crippen MR) is 107 cm³/mol. The Kier molecular flexibility index (Phi) is 6.86. The number of aryl methyl sites for hydroxylation is 2. The summed E-state index contributed by atoms with van der Waals surface area (Å²) in [7, 11) is 0. The molecule has 0 spiro atoms. The zero-order valence-electron chi connectivity index (χ0n) is 17.0. The fraction of sp³-hybridized carbons (Fsp3) is 0.526. The fourth-order valence-electron chi connectivity index (χ4n) is 3.15. The van der Waals surface area contributed by atoms with Gasteiger partial charge in [-0.1, -0.05) is 23.9 Å². The Labute approximate surface area is 173 Å². The van der Waals surface area contributed by atoms with Crippen molar-refractivity contribution in [3.05, 3.63) is 29.3 Å². The highest BCUT2D eigenvalue weighted by Crippen LogP contribution is 2.21. The van der Waals surface area contributed by atoms with Gasteiger partial charge in [-0.2, -0.15) is 4.68 Å². The highest BCUT2D eigenvalue weighted by molar-refractivity contribution is 7.99. The summed E-state index contributed by atoms with van der Waals surface area (Å²) in [6.07, 6.45) is -0.0594. The van der Waals surface area contributed by atoms with Gasteiger partial charge in [0.1, 0.15) is 0 Å². The van der Waals surface area contributed by atoms with Gasteiger partial charge in [-0.3, -0.25) is 9.59 Å². The lowest BCUT2D eigenvalue weighted by atomic mass is 10.1. The molecule has 2 aromatic rings. The van der Waals surface area contributed by atoms with Crippen LogP contribution in [-0.2, 0) is 19.1 Å². The van der Waals surface area contributed by atoms with E-state index in [4.69, 9.17) is 9.47 Å². The molecule has 10 heteroatoms. The third kappa shape index (κ3) is 5.54. The minimum Gasteiger partial charge on any atom is -0.455 e. The van der Waals surface area contributed by atoms with E-state index in [9.17, 15) is 9.59 Å². The van der Waals surface area contributed by atoms with Crippen molar-refractivity contribution >= 4 is 23.6 Å². The van der Waals surface area contributed by atoms with Crippen LogP contribution in [0, 0.1) is 13.8 Å². The first-order valence-corrected chi connectivity index (χ1v) is 10.4. The summed E-state index contributed by atoms with van der Waals surface area (Å²) < 4.78 is 12.4. The van der Waals surface area contributed by atoms with Crippen molar-refractivity contribution < 1.29 is 19.1 Å². The van der Waals surface area contributed by atoms with Gasteiger partial charge in [0.2, 0.25) is 5.16 Å². The molecular weight excluding hydrogens is 394 g/mol. The number of rotatable bonds is 6. The number of aromatic nitrogens is 4. The molecule has 29 heavy (non-hydrogen) atoms. The summed E-state index contributed by atoms with van der Waals surface area (Å²) in [5, 5.41) is 12.2. The van der Waals surface area contributed by atoms with E-state index in [2.05, 4.69) is 15.5 Å². The molecule has 9 nitrogen and oxygen atoms in total. The van der Waals surface area contributed by atoms with Crippen molar-refractivity contribution in [2.45, 2.75) is 45.1 Å². The molecule has 156 valence electrons. The van der Waals surface area contributed by atoms with Gasteiger partial charge in [0, 0.05) is 13.1 Å². The molecule has 1 saturated heterocycles. The average Bonchev–Trinajstić information content (AvgIpc) is 3.14. The SMILES string of the molecule is Cc1ccc(C)c(-n2nnnc2SCC(=O)OCC(=O)N2C[C@H](C)O[C@@H](C)C2)c1. The van der Waals surface area contributed by atoms with Crippen LogP contribution in [0.15, 0.2) is 23.4 Å². The van der Waals surface area contributed by atoms with Crippen LogP contribution >= 0.6 is 11.8 Å². The van der Waals surface area contributed by atoms with Crippen molar-refractivity contribution in [3.8, 4) is 5.69 Å². The number of hydrogen-bond acceptors (Lipinski definition) is 8. The molecule has 0 aliphatic carbocycles. The second-order valence-corrected chi connectivity index (χ2v) is 8.11. The van der Waals surface area contributed by atoms with Crippen LogP contribution in [0.3, 0.4) is 0 Å². The maximum atomic E-state index is 12.3. The third-order valence-corrected chi connectivity index (χ3v) is 5.37. The second kappa shape index (κ2) is 9.36. The van der Waals surface area contributed by atoms with E-state index in [1.165, 1.54) is 11.8 Å². The van der Waals surface area contributed by atoms with Crippen LogP contribution in [0.2, 0.25) is 0 Å². The number of nitrogens with zero attached hydrogens (tertiary/aromatic N) is 5. The highest BCUT2D eigenvalue weighted by atomic mass is 32.2. The topological polar surface area (TPSA) is 99.4 Å². The van der Waals surface area contributed by atoms with Gasteiger partial charge in [-0.05, 0) is 55.3 Å². The Balaban J connectivity index is 1.52. The molecule has 1 aromatic heterocycles. The number of carbonyl (C=O) groups excluding carboxylic acids is 2. The number of carbonyl (C=O) groups is 2. The lowest BCUT2D eigenvalue weighted by molar-refractivity contribution is -0.155. The lowest BCUT2D eigenvalue weighted by Gasteiger charge is -2.35. The number of amides is 1. The van der Waals surface area contributed by atoms with E-state index in [0.717, 1.165) is 16.8 Å². The van der Waals surface area contributed by atoms with Crippen LogP contribution in [0.5, 0.6) is 0 Å². The minimum atomic E-state index is -0.492. The Morgan fingerprint density at radius 2 is 1.97 bits per heavy atom. The summed E-state index contributed by atoms with van der Waals surface area (Å²) in [6, 6.07) is 5.99. The smallest absolute Gasteiger partial charge is 0.316 e. The number of esters is 1. The number of benzene rings is 1. The summed E-state index contributed by atoms with van der Waals surface area (Å²) >= 11 is 1.17. The molecule has 1 aromatic carbocycles. The molecule has 0 N–H and O–H groups in total. The van der Waals surface area contributed by atoms with Crippen LogP contribution < -0.4 is 0 Å². The van der Waals surface area contributed by atoms with E-state index < -0.39 is 5.97 Å². The van der Waals surface area contributed by atoms with Gasteiger partial charge >= 0.3 is 5.97 Å². The maximum absolute atomic E-state index is 12.3. The summed E-state index contributed by atoms with van der Waals surface area (Å²) in [5.41, 5.74) is 2.96. The molecule has 1 amide bonds. The average molecular weight is 420 g/mol. The number of tetrazole rings is 1. The van der Waals surface area contributed by atoms with Crippen LogP contribution in [0.25, 0.3) is 5.69 Å². The zero-order valence-corrected chi connectivity index (χ0v) is 17.8. The molecule has 2 heterocycles. The van der Waals surface area contributed by atoms with Crippen molar-refractivity contribution in [1.29, 1.82) is 0 Å². The molecule has 0 unspecified atom stereocenters. The van der Waals surface area contributed by atoms with Gasteiger partial charge in [0.25, 0.3) is 5.91 Å². The Morgan fingerprint density at radius 1 is 1.24 bits per heavy atom. The largest absolute Gasteiger partial charge is 0.455 e. The van der Waals surface area contributed by atoms with Gasteiger partial charge in [-0.15, -0.1) is 5.10 Å². The number of hydrogen-bond donors (Lipinski definition) is 0. The van der Waals surface area contributed by atoms with Crippen LogP contribution in [0.1, 0.15) is 25.0 Å². The first-order chi connectivity index (χ1) is 13.8. The first-order valence-electron chi connectivity index (χ1n) is 9.41. The van der Waals surface area contributed by atoms with E-state index in [1.807, 2.05) is 45.9 Å². The monoisotopic (exact) mass is 419 g/mol. The molecule has 1 aliphatic heterocycles. The maximum Gasteiger partial charge on any atom is 0.316 e. The van der Waals surface area contributed by atoms with Crippen molar-refractivity contribution in [3.63, 3.8) is 0 Å². The Hall–Kier alpha value is -2.46. The van der Waals surface area contributed by atoms with E-state index in [-0.39, 0.29) is 30.5 Å². The molecule has 0 saturated carbocycles. The van der Waals surface area contributed by atoms with Gasteiger partial charge in [0.15, 0.2) is 6.61 Å². The van der Waals surface area contributed by atoms with Crippen LogP contribution in [-0.4, -0.2) is 74.6 Å². The molecular formula is C19H25N5O4S. The summed E-state index contributed by atoms with van der Waals surface area (Å²) in [4.78, 5) is 26.1. The molecule has 3 rings (SSSR count). The standard InChI is InChI=1S/C19H25N5O4S/c1-12-5-6-13(2)16(7-12)24-19(20-21-22-24)29-11-18(26)27-10-17(25)23-8-14(3)28-15(4)9-23/h5-7,14-15H,8-11H2,1-4H3/t14-,15-/m0/s1. The van der Waals surface area contributed by atoms with Crippen molar-refractivity contribution in [2.24, 2.45) is 0 Å². The van der Waals surface area contributed by atoms with Crippen molar-refractivity contribution in [1.82, 2.24) is 25.1 Å². The molecule has 0 bridgehead atoms. The minimum absolute atomic E-state index is 0.00837. The van der Waals surface area contributed by atoms with E-state index in [1.54, 1.807) is 9.58 Å². The number of thioether (sulfide) groups is 1.